The van der Waals surface area contributed by atoms with Gasteiger partial charge in [0, 0.05) is 71.7 Å². The Morgan fingerprint density at radius 2 is 0.608 bits per heavy atom. The molecule has 18 aromatic carbocycles. The summed E-state index contributed by atoms with van der Waals surface area (Å²) in [4.78, 5) is 47.8. The van der Waals surface area contributed by atoms with Gasteiger partial charge in [-0.25, -0.2) is 44.9 Å². The molecule has 586 valence electrons. The Bertz CT molecular complexity index is 8130. The van der Waals surface area contributed by atoms with Crippen LogP contribution in [-0.2, 0) is 17.3 Å². The van der Waals surface area contributed by atoms with E-state index in [9.17, 15) is 0 Å². The Hall–Kier alpha value is -16.2. The lowest BCUT2D eigenvalue weighted by atomic mass is 9.74. The van der Waals surface area contributed by atoms with Gasteiger partial charge in [-0.1, -0.05) is 348 Å². The van der Waals surface area contributed by atoms with Crippen LogP contribution in [0.15, 0.2) is 393 Å². The molecule has 1 atom stereocenters. The van der Waals surface area contributed by atoms with E-state index in [1.165, 1.54) is 49.5 Å². The summed E-state index contributed by atoms with van der Waals surface area (Å²) in [6.07, 6.45) is 0.618. The standard InChI is InChI=1S/C115H75N9O/c1-114(2)97-46-21-20-43-91(97)92-57-52-83-62-77(50-56-89(83)104(92)114)73-37-22-40-84(63-73)109-117-107(71-30-12-6-13-31-71)119-111(123-109)90-42-19-18-36-86(90)68-115(3)98-47-25-45-95(102(98)96-65-75-34-16-17-35-76(75)66-99(96)115)113-122-108(72-32-14-7-15-33-72)118-110(124-113)85-41-23-38-74(64-85)80-51-58-94-101(67-80)125-100-59-53-82-61-79(49-55-88(82)103(94)100)78-48-54-87-81(60-78)39-24-44-93(87)112-120-105(69-26-8-4-9-27-69)116-106(121-112)70-28-10-5-11-29-70/h4-67H,68H2,1-3H3. The fourth-order valence-corrected chi connectivity index (χ4v) is 19.7. The molecule has 125 heavy (non-hydrogen) atoms. The third-order valence-electron chi connectivity index (χ3n) is 25.8. The molecule has 0 radical (unpaired) electrons. The lowest BCUT2D eigenvalue weighted by Crippen LogP contribution is -2.24. The third kappa shape index (κ3) is 12.4. The first kappa shape index (κ1) is 72.8. The molecule has 10 heteroatoms. The van der Waals surface area contributed by atoms with E-state index in [4.69, 9.17) is 49.3 Å². The Kier molecular flexibility index (Phi) is 16.9. The van der Waals surface area contributed by atoms with Gasteiger partial charge in [-0.15, -0.1) is 0 Å². The molecule has 1 unspecified atom stereocenters. The maximum absolute atomic E-state index is 6.83. The number of fused-ring (bicyclic) bond motifs is 15. The van der Waals surface area contributed by atoms with Crippen molar-refractivity contribution in [1.29, 1.82) is 0 Å². The van der Waals surface area contributed by atoms with Crippen LogP contribution in [0.4, 0.5) is 0 Å². The molecule has 0 aliphatic heterocycles. The summed E-state index contributed by atoms with van der Waals surface area (Å²) in [5.74, 6) is 5.41. The smallest absolute Gasteiger partial charge is 0.164 e. The predicted octanol–water partition coefficient (Wildman–Crippen LogP) is 28.6. The van der Waals surface area contributed by atoms with Crippen molar-refractivity contribution in [1.82, 2.24) is 44.9 Å². The van der Waals surface area contributed by atoms with Gasteiger partial charge in [0.25, 0.3) is 0 Å². The van der Waals surface area contributed by atoms with E-state index >= 15 is 0 Å². The number of nitrogens with zero attached hydrogens (tertiary/aromatic N) is 9. The Balaban J connectivity index is 0.562. The molecule has 10 nitrogen and oxygen atoms in total. The number of rotatable bonds is 14. The van der Waals surface area contributed by atoms with Crippen LogP contribution in [0.5, 0.6) is 0 Å². The fourth-order valence-electron chi connectivity index (χ4n) is 19.7. The van der Waals surface area contributed by atoms with E-state index in [2.05, 4.69) is 312 Å². The number of hydrogen-bond acceptors (Lipinski definition) is 10. The van der Waals surface area contributed by atoms with E-state index in [0.717, 1.165) is 149 Å². The number of aromatic nitrogens is 9. The Morgan fingerprint density at radius 1 is 0.216 bits per heavy atom. The maximum Gasteiger partial charge on any atom is 0.164 e. The van der Waals surface area contributed by atoms with Crippen molar-refractivity contribution in [2.24, 2.45) is 0 Å². The quantitative estimate of drug-likeness (QED) is 0.104. The topological polar surface area (TPSA) is 129 Å². The Morgan fingerprint density at radius 3 is 1.21 bits per heavy atom. The molecule has 0 spiro atoms. The summed E-state index contributed by atoms with van der Waals surface area (Å²) in [6.45, 7) is 7.11. The molecular formula is C115H75N9O. The first-order chi connectivity index (χ1) is 61.5. The van der Waals surface area contributed by atoms with E-state index in [-0.39, 0.29) is 5.41 Å². The van der Waals surface area contributed by atoms with Crippen LogP contribution in [0.3, 0.4) is 0 Å². The summed E-state index contributed by atoms with van der Waals surface area (Å²) in [6, 6.07) is 138. The lowest BCUT2D eigenvalue weighted by molar-refractivity contribution is 0.584. The van der Waals surface area contributed by atoms with Crippen LogP contribution < -0.4 is 0 Å². The molecule has 0 saturated heterocycles. The Labute approximate surface area is 721 Å². The second-order valence-electron chi connectivity index (χ2n) is 33.7. The van der Waals surface area contributed by atoms with Crippen molar-refractivity contribution in [3.63, 3.8) is 0 Å². The molecule has 24 rings (SSSR count). The highest BCUT2D eigenvalue weighted by atomic mass is 16.3. The second kappa shape index (κ2) is 29.0. The summed E-state index contributed by atoms with van der Waals surface area (Å²) in [5.41, 5.74) is 26.7. The zero-order valence-corrected chi connectivity index (χ0v) is 68.6. The minimum Gasteiger partial charge on any atom is -0.456 e. The van der Waals surface area contributed by atoms with Gasteiger partial charge in [-0.3, -0.25) is 0 Å². The maximum atomic E-state index is 6.83. The van der Waals surface area contributed by atoms with Gasteiger partial charge in [0.15, 0.2) is 52.4 Å². The zero-order chi connectivity index (χ0) is 83.0. The molecule has 0 amide bonds. The van der Waals surface area contributed by atoms with E-state index < -0.39 is 5.41 Å². The van der Waals surface area contributed by atoms with Crippen molar-refractivity contribution in [3.8, 4) is 158 Å². The highest BCUT2D eigenvalue weighted by Gasteiger charge is 2.43. The van der Waals surface area contributed by atoms with E-state index in [1.54, 1.807) is 0 Å². The van der Waals surface area contributed by atoms with Gasteiger partial charge in [-0.05, 0) is 194 Å². The van der Waals surface area contributed by atoms with Crippen molar-refractivity contribution < 1.29 is 4.42 Å². The molecule has 22 aromatic rings. The van der Waals surface area contributed by atoms with Crippen LogP contribution in [0, 0.1) is 0 Å². The molecule has 4 heterocycles. The van der Waals surface area contributed by atoms with Crippen LogP contribution in [-0.4, -0.2) is 44.9 Å². The van der Waals surface area contributed by atoms with Crippen LogP contribution >= 0.6 is 0 Å². The highest BCUT2D eigenvalue weighted by Crippen LogP contribution is 2.56. The lowest BCUT2D eigenvalue weighted by Gasteiger charge is -2.29. The first-order valence-corrected chi connectivity index (χ1v) is 42.6. The average molecular weight is 1600 g/mol. The normalized spacial score (nSPS) is 13.7. The van der Waals surface area contributed by atoms with Gasteiger partial charge >= 0.3 is 0 Å². The molecule has 4 aromatic heterocycles. The van der Waals surface area contributed by atoms with Gasteiger partial charge in [0.1, 0.15) is 11.2 Å². The van der Waals surface area contributed by atoms with E-state index in [0.29, 0.717) is 58.8 Å². The molecule has 0 fully saturated rings. The second-order valence-corrected chi connectivity index (χ2v) is 33.7. The molecular weight excluding hydrogens is 1520 g/mol. The van der Waals surface area contributed by atoms with Crippen LogP contribution in [0.2, 0.25) is 0 Å². The summed E-state index contributed by atoms with van der Waals surface area (Å²) >= 11 is 0. The van der Waals surface area contributed by atoms with Crippen molar-refractivity contribution in [2.45, 2.75) is 38.0 Å². The third-order valence-corrected chi connectivity index (χ3v) is 25.8. The zero-order valence-electron chi connectivity index (χ0n) is 68.6. The van der Waals surface area contributed by atoms with Gasteiger partial charge in [0.2, 0.25) is 0 Å². The summed E-state index contributed by atoms with van der Waals surface area (Å²) < 4.78 is 6.83. The highest BCUT2D eigenvalue weighted by molar-refractivity contribution is 6.20. The van der Waals surface area contributed by atoms with Crippen molar-refractivity contribution in [2.75, 3.05) is 0 Å². The minimum atomic E-state index is -0.578. The monoisotopic (exact) mass is 1600 g/mol. The number of benzene rings is 18. The van der Waals surface area contributed by atoms with Gasteiger partial charge < -0.3 is 4.42 Å². The molecule has 0 saturated carbocycles. The van der Waals surface area contributed by atoms with Gasteiger partial charge in [-0.2, -0.15) is 0 Å². The number of furan rings is 1. The predicted molar refractivity (Wildman–Crippen MR) is 509 cm³/mol. The van der Waals surface area contributed by atoms with Gasteiger partial charge in [0.05, 0.1) is 0 Å². The summed E-state index contributed by atoms with van der Waals surface area (Å²) in [5, 5.41) is 11.3. The molecule has 0 bridgehead atoms. The minimum absolute atomic E-state index is 0.124. The molecule has 2 aliphatic carbocycles. The largest absolute Gasteiger partial charge is 0.456 e. The van der Waals surface area contributed by atoms with Crippen molar-refractivity contribution >= 4 is 65.0 Å². The van der Waals surface area contributed by atoms with Crippen LogP contribution in [0.1, 0.15) is 48.6 Å². The number of hydrogen-bond donors (Lipinski definition) is 0. The van der Waals surface area contributed by atoms with Crippen LogP contribution in [0.25, 0.3) is 223 Å². The molecule has 2 aliphatic rings. The van der Waals surface area contributed by atoms with E-state index in [1.807, 2.05) is 97.1 Å². The fraction of sp³-hybridized carbons (Fsp3) is 0.0522. The average Bonchev–Trinajstić information content (AvgIpc) is 1.55. The summed E-state index contributed by atoms with van der Waals surface area (Å²) in [7, 11) is 0. The van der Waals surface area contributed by atoms with Crippen molar-refractivity contribution in [3.05, 3.63) is 416 Å². The molecule has 0 N–H and O–H groups in total. The first-order valence-electron chi connectivity index (χ1n) is 42.6. The SMILES string of the molecule is CC1(C)c2ccccc2-c2ccc3cc(-c4cccc(-c5nc(-c6ccccc6)nc(-c6ccccc6CC6(C)c7cc8ccccc8cc7-c7c(-c8nc(-c9ccccc9)nc(-c9cccc(-c%10ccc%11c(c%10)oc%10ccc%12cc(-c%13ccc%14c(-c%15nc(-c%16ccccc%16)nc(-c%16ccccc%16)n%15)cccc%14c%13)ccc%12c%10%11)c9)n8)cccc76)n5)c4)ccc3c21.